The fraction of sp³-hybridized carbons (Fsp3) is 0.182. The topological polar surface area (TPSA) is 64.6 Å². The van der Waals surface area contributed by atoms with Crippen LogP contribution >= 0.6 is 0 Å². The molecule has 0 saturated heterocycles. The van der Waals surface area contributed by atoms with E-state index in [0.29, 0.717) is 12.2 Å². The Hall–Kier alpha value is -3.34. The number of methoxy groups -OCH3 is 1. The number of hydrogen-bond donors (Lipinski definition) is 1. The van der Waals surface area contributed by atoms with Crippen LogP contribution in [-0.2, 0) is 14.3 Å². The summed E-state index contributed by atoms with van der Waals surface area (Å²) >= 11 is 0. The molecule has 2 rings (SSSR count). The Bertz CT molecular complexity index is 808. The molecule has 0 heterocycles. The minimum absolute atomic E-state index is 0.0799. The highest BCUT2D eigenvalue weighted by Crippen LogP contribution is 2.14. The molecule has 2 aromatic rings. The summed E-state index contributed by atoms with van der Waals surface area (Å²) in [4.78, 5) is 24.5. The van der Waals surface area contributed by atoms with Crippen molar-refractivity contribution < 1.29 is 19.1 Å². The highest BCUT2D eigenvalue weighted by Gasteiger charge is 2.13. The van der Waals surface area contributed by atoms with Crippen LogP contribution in [0.5, 0.6) is 5.75 Å². The summed E-state index contributed by atoms with van der Waals surface area (Å²) in [7, 11) is 1.58. The summed E-state index contributed by atoms with van der Waals surface area (Å²) in [6, 6.07) is 16.6. The smallest absolute Gasteiger partial charge is 0.354 e. The largest absolute Gasteiger partial charge is 0.497 e. The molecule has 0 aromatic heterocycles. The first kappa shape index (κ1) is 20.0. The van der Waals surface area contributed by atoms with E-state index in [4.69, 9.17) is 9.47 Å². The lowest BCUT2D eigenvalue weighted by atomic mass is 10.2. The molecule has 0 aliphatic rings. The van der Waals surface area contributed by atoms with Crippen LogP contribution in [0.15, 0.2) is 66.4 Å². The lowest BCUT2D eigenvalue weighted by molar-refractivity contribution is -0.140. The number of carbonyl (C=O) groups excluding carboxylic acids is 2. The highest BCUT2D eigenvalue weighted by atomic mass is 16.5. The van der Waals surface area contributed by atoms with Gasteiger partial charge in [-0.25, -0.2) is 4.79 Å². The average molecular weight is 365 g/mol. The maximum absolute atomic E-state index is 12.3. The van der Waals surface area contributed by atoms with Gasteiger partial charge in [0.1, 0.15) is 11.4 Å². The first-order valence-electron chi connectivity index (χ1n) is 8.69. The number of ether oxygens (including phenoxy) is 2. The Morgan fingerprint density at radius 3 is 2.33 bits per heavy atom. The molecule has 1 N–H and O–H groups in total. The number of benzene rings is 2. The Balaban J connectivity index is 2.15. The van der Waals surface area contributed by atoms with Crippen LogP contribution in [-0.4, -0.2) is 25.6 Å². The van der Waals surface area contributed by atoms with Gasteiger partial charge < -0.3 is 14.8 Å². The molecule has 0 radical (unpaired) electrons. The van der Waals surface area contributed by atoms with Crippen LogP contribution in [0, 0.1) is 0 Å². The van der Waals surface area contributed by atoms with Gasteiger partial charge in [-0.05, 0) is 41.8 Å². The van der Waals surface area contributed by atoms with Crippen LogP contribution in [0.1, 0.15) is 24.5 Å². The highest BCUT2D eigenvalue weighted by molar-refractivity contribution is 6.02. The Labute approximate surface area is 159 Å². The van der Waals surface area contributed by atoms with Gasteiger partial charge in [0.15, 0.2) is 0 Å². The van der Waals surface area contributed by atoms with Crippen molar-refractivity contribution in [3.63, 3.8) is 0 Å². The van der Waals surface area contributed by atoms with Gasteiger partial charge in [0.05, 0.1) is 13.7 Å². The van der Waals surface area contributed by atoms with Crippen molar-refractivity contribution in [2.24, 2.45) is 0 Å². The van der Waals surface area contributed by atoms with Gasteiger partial charge in [-0.15, -0.1) is 0 Å². The van der Waals surface area contributed by atoms with Crippen molar-refractivity contribution in [2.75, 3.05) is 13.7 Å². The monoisotopic (exact) mass is 365 g/mol. The van der Waals surface area contributed by atoms with Gasteiger partial charge in [0.2, 0.25) is 5.91 Å². The van der Waals surface area contributed by atoms with Crippen molar-refractivity contribution in [1.29, 1.82) is 0 Å². The second kappa shape index (κ2) is 10.6. The third-order valence-corrected chi connectivity index (χ3v) is 3.57. The summed E-state index contributed by atoms with van der Waals surface area (Å²) < 4.78 is 10.3. The third kappa shape index (κ3) is 6.82. The summed E-state index contributed by atoms with van der Waals surface area (Å²) in [6.45, 7) is 2.19. The van der Waals surface area contributed by atoms with E-state index < -0.39 is 11.9 Å². The van der Waals surface area contributed by atoms with E-state index in [2.05, 4.69) is 5.32 Å². The molecule has 0 unspecified atom stereocenters. The van der Waals surface area contributed by atoms with Crippen molar-refractivity contribution in [3.05, 3.63) is 77.5 Å². The fourth-order valence-electron chi connectivity index (χ4n) is 2.20. The molecule has 0 fully saturated rings. The van der Waals surface area contributed by atoms with E-state index in [9.17, 15) is 9.59 Å². The zero-order valence-electron chi connectivity index (χ0n) is 15.5. The maximum Gasteiger partial charge on any atom is 0.354 e. The molecule has 0 bridgehead atoms. The summed E-state index contributed by atoms with van der Waals surface area (Å²) in [6.07, 6.45) is 5.33. The van der Waals surface area contributed by atoms with Gasteiger partial charge in [-0.3, -0.25) is 4.79 Å². The molecular formula is C22H23NO4. The van der Waals surface area contributed by atoms with Gasteiger partial charge in [0, 0.05) is 6.08 Å². The van der Waals surface area contributed by atoms with E-state index >= 15 is 0 Å². The van der Waals surface area contributed by atoms with E-state index in [0.717, 1.165) is 11.1 Å². The van der Waals surface area contributed by atoms with Gasteiger partial charge in [0.25, 0.3) is 0 Å². The summed E-state index contributed by atoms with van der Waals surface area (Å²) in [5.41, 5.74) is 1.71. The van der Waals surface area contributed by atoms with E-state index in [-0.39, 0.29) is 12.3 Å². The van der Waals surface area contributed by atoms with Crippen LogP contribution in [0.3, 0.4) is 0 Å². The number of rotatable bonds is 8. The number of esters is 1. The predicted octanol–water partition coefficient (Wildman–Crippen LogP) is 3.82. The van der Waals surface area contributed by atoms with Crippen molar-refractivity contribution in [2.45, 2.75) is 13.3 Å². The fourth-order valence-corrected chi connectivity index (χ4v) is 2.20. The second-order valence-corrected chi connectivity index (χ2v) is 5.70. The second-order valence-electron chi connectivity index (χ2n) is 5.70. The average Bonchev–Trinajstić information content (AvgIpc) is 2.71. The van der Waals surface area contributed by atoms with Gasteiger partial charge in [-0.1, -0.05) is 49.4 Å². The van der Waals surface area contributed by atoms with Crippen LogP contribution < -0.4 is 10.1 Å². The zero-order chi connectivity index (χ0) is 19.5. The molecule has 5 nitrogen and oxygen atoms in total. The minimum Gasteiger partial charge on any atom is -0.497 e. The quantitative estimate of drug-likeness (QED) is 0.571. The zero-order valence-corrected chi connectivity index (χ0v) is 15.5. The minimum atomic E-state index is -0.575. The standard InChI is InChI=1S/C22H23NO4/c1-3-15-27-22(25)20(16-18-9-12-19(26-2)13-10-18)23-21(24)14-11-17-7-5-4-6-8-17/h4-14,16H,3,15H2,1-2H3,(H,23,24). The van der Waals surface area contributed by atoms with Crippen LogP contribution in [0.25, 0.3) is 12.2 Å². The molecule has 0 saturated carbocycles. The predicted molar refractivity (Wildman–Crippen MR) is 106 cm³/mol. The molecule has 0 aliphatic heterocycles. The normalized spacial score (nSPS) is 11.3. The number of amides is 1. The Morgan fingerprint density at radius 1 is 1.00 bits per heavy atom. The van der Waals surface area contributed by atoms with Gasteiger partial charge in [-0.2, -0.15) is 0 Å². The van der Waals surface area contributed by atoms with Crippen molar-refractivity contribution in [3.8, 4) is 5.75 Å². The van der Waals surface area contributed by atoms with Crippen LogP contribution in [0.4, 0.5) is 0 Å². The lowest BCUT2D eigenvalue weighted by Gasteiger charge is -2.09. The van der Waals surface area contributed by atoms with Crippen molar-refractivity contribution in [1.82, 2.24) is 5.32 Å². The molecule has 0 spiro atoms. The number of nitrogens with one attached hydrogen (secondary N) is 1. The molecule has 2 aromatic carbocycles. The Kier molecular flexibility index (Phi) is 7.85. The van der Waals surface area contributed by atoms with Crippen LogP contribution in [0.2, 0.25) is 0 Å². The number of hydrogen-bond acceptors (Lipinski definition) is 4. The summed E-state index contributed by atoms with van der Waals surface area (Å²) in [5, 5.41) is 2.60. The lowest BCUT2D eigenvalue weighted by Crippen LogP contribution is -2.27. The molecular weight excluding hydrogens is 342 g/mol. The van der Waals surface area contributed by atoms with Gasteiger partial charge >= 0.3 is 5.97 Å². The molecule has 1 amide bonds. The SMILES string of the molecule is CCCOC(=O)C(=Cc1ccc(OC)cc1)NC(=O)C=Cc1ccccc1. The van der Waals surface area contributed by atoms with E-state index in [1.54, 1.807) is 43.5 Å². The number of carbonyl (C=O) groups is 2. The molecule has 140 valence electrons. The molecule has 0 aliphatic carbocycles. The Morgan fingerprint density at radius 2 is 1.70 bits per heavy atom. The van der Waals surface area contributed by atoms with E-state index in [1.165, 1.54) is 6.08 Å². The summed E-state index contributed by atoms with van der Waals surface area (Å²) in [5.74, 6) is -0.279. The van der Waals surface area contributed by atoms with E-state index in [1.807, 2.05) is 37.3 Å². The molecule has 27 heavy (non-hydrogen) atoms. The maximum atomic E-state index is 12.3. The van der Waals surface area contributed by atoms with Crippen molar-refractivity contribution >= 4 is 24.0 Å². The third-order valence-electron chi connectivity index (χ3n) is 3.57. The first-order valence-corrected chi connectivity index (χ1v) is 8.69. The molecule has 0 atom stereocenters. The molecule has 5 heteroatoms. The first-order chi connectivity index (χ1) is 13.1.